The molecule has 23 heavy (non-hydrogen) atoms. The summed E-state index contributed by atoms with van der Waals surface area (Å²) >= 11 is 1.54. The molecule has 0 bridgehead atoms. The van der Waals surface area contributed by atoms with Crippen molar-refractivity contribution >= 4 is 23.1 Å². The molecule has 0 spiro atoms. The van der Waals surface area contributed by atoms with Crippen molar-refractivity contribution in [3.8, 4) is 5.69 Å². The number of urea groups is 1. The van der Waals surface area contributed by atoms with Gasteiger partial charge in [0, 0.05) is 16.8 Å². The fraction of sp³-hybridized carbons (Fsp3) is 0.200. The minimum absolute atomic E-state index is 0.138. The predicted molar refractivity (Wildman–Crippen MR) is 88.8 cm³/mol. The summed E-state index contributed by atoms with van der Waals surface area (Å²) in [4.78, 5) is 17.9. The average molecular weight is 328 g/mol. The lowest BCUT2D eigenvalue weighted by Gasteiger charge is -2.12. The Morgan fingerprint density at radius 2 is 1.91 bits per heavy atom. The van der Waals surface area contributed by atoms with Gasteiger partial charge in [0.2, 0.25) is 0 Å². The highest BCUT2D eigenvalue weighted by atomic mass is 32.1. The normalized spacial score (nSPS) is 11.9. The van der Waals surface area contributed by atoms with Gasteiger partial charge in [-0.1, -0.05) is 0 Å². The zero-order valence-corrected chi connectivity index (χ0v) is 13.5. The third-order valence-electron chi connectivity index (χ3n) is 3.13. The van der Waals surface area contributed by atoms with E-state index in [0.29, 0.717) is 5.69 Å². The second kappa shape index (κ2) is 6.57. The van der Waals surface area contributed by atoms with Gasteiger partial charge in [-0.15, -0.1) is 11.3 Å². The summed E-state index contributed by atoms with van der Waals surface area (Å²) in [5, 5.41) is 16.6. The van der Waals surface area contributed by atoms with Crippen molar-refractivity contribution in [2.45, 2.75) is 19.9 Å². The van der Waals surface area contributed by atoms with Crippen LogP contribution in [0.25, 0.3) is 5.69 Å². The Bertz CT molecular complexity index is 781. The first kappa shape index (κ1) is 15.2. The van der Waals surface area contributed by atoms with Crippen molar-refractivity contribution in [1.29, 1.82) is 0 Å². The molecular formula is C15H16N6OS. The summed E-state index contributed by atoms with van der Waals surface area (Å²) < 4.78 is 0. The Balaban J connectivity index is 1.59. The van der Waals surface area contributed by atoms with Crippen molar-refractivity contribution in [1.82, 2.24) is 25.3 Å². The van der Waals surface area contributed by atoms with Gasteiger partial charge in [0.1, 0.15) is 5.01 Å². The summed E-state index contributed by atoms with van der Waals surface area (Å²) in [5.41, 5.74) is 2.48. The molecule has 3 aromatic rings. The molecule has 1 aromatic carbocycles. The van der Waals surface area contributed by atoms with Gasteiger partial charge in [-0.25, -0.2) is 9.78 Å². The molecule has 2 aromatic heterocycles. The fourth-order valence-electron chi connectivity index (χ4n) is 2.02. The summed E-state index contributed by atoms with van der Waals surface area (Å²) in [5.74, 6) is 0. The zero-order chi connectivity index (χ0) is 16.2. The first-order valence-corrected chi connectivity index (χ1v) is 7.96. The third-order valence-corrected chi connectivity index (χ3v) is 4.27. The molecule has 1 atom stereocenters. The Labute approximate surface area is 137 Å². The fourth-order valence-corrected chi connectivity index (χ4v) is 2.83. The number of nitrogens with one attached hydrogen (secondary N) is 2. The number of amides is 2. The lowest BCUT2D eigenvalue weighted by atomic mass is 10.3. The van der Waals surface area contributed by atoms with Crippen LogP contribution in [0.4, 0.5) is 10.5 Å². The van der Waals surface area contributed by atoms with Crippen molar-refractivity contribution in [2.24, 2.45) is 0 Å². The number of aromatic nitrogens is 4. The molecule has 2 N–H and O–H groups in total. The number of carbonyl (C=O) groups excluding carboxylic acids is 1. The Morgan fingerprint density at radius 3 is 2.52 bits per heavy atom. The van der Waals surface area contributed by atoms with Gasteiger partial charge in [0.25, 0.3) is 0 Å². The predicted octanol–water partition coefficient (Wildman–Crippen LogP) is 2.91. The molecule has 0 saturated heterocycles. The zero-order valence-electron chi connectivity index (χ0n) is 12.7. The van der Waals surface area contributed by atoms with Crippen LogP contribution in [-0.4, -0.2) is 26.0 Å². The number of thiazole rings is 1. The van der Waals surface area contributed by atoms with E-state index < -0.39 is 0 Å². The maximum absolute atomic E-state index is 12.0. The van der Waals surface area contributed by atoms with E-state index in [2.05, 4.69) is 25.8 Å². The number of aryl methyl sites for hydroxylation is 1. The number of carbonyl (C=O) groups is 1. The van der Waals surface area contributed by atoms with Crippen LogP contribution in [0.1, 0.15) is 23.7 Å². The monoisotopic (exact) mass is 328 g/mol. The van der Waals surface area contributed by atoms with E-state index in [0.717, 1.165) is 16.4 Å². The highest BCUT2D eigenvalue weighted by molar-refractivity contribution is 7.09. The number of hydrogen-bond donors (Lipinski definition) is 2. The van der Waals surface area contributed by atoms with Crippen LogP contribution in [0, 0.1) is 6.92 Å². The minimum Gasteiger partial charge on any atom is -0.329 e. The van der Waals surface area contributed by atoms with Crippen LogP contribution in [0.2, 0.25) is 0 Å². The molecule has 118 valence electrons. The molecule has 0 aliphatic carbocycles. The SMILES string of the molecule is Cc1csc([C@H](C)NC(=O)Nc2ccc(-n3nccn3)cc2)n1. The number of rotatable bonds is 4. The first-order chi connectivity index (χ1) is 11.1. The maximum Gasteiger partial charge on any atom is 0.319 e. The van der Waals surface area contributed by atoms with E-state index >= 15 is 0 Å². The molecule has 0 saturated carbocycles. The van der Waals surface area contributed by atoms with Crippen LogP contribution in [0.15, 0.2) is 42.0 Å². The van der Waals surface area contributed by atoms with Crippen LogP contribution < -0.4 is 10.6 Å². The van der Waals surface area contributed by atoms with E-state index in [4.69, 9.17) is 0 Å². The second-order valence-corrected chi connectivity index (χ2v) is 5.90. The summed E-state index contributed by atoms with van der Waals surface area (Å²) in [7, 11) is 0. The van der Waals surface area contributed by atoms with Crippen LogP contribution in [0.3, 0.4) is 0 Å². The highest BCUT2D eigenvalue weighted by Crippen LogP contribution is 2.18. The first-order valence-electron chi connectivity index (χ1n) is 7.08. The molecule has 0 unspecified atom stereocenters. The van der Waals surface area contributed by atoms with Crippen molar-refractivity contribution in [2.75, 3.05) is 5.32 Å². The van der Waals surface area contributed by atoms with Crippen molar-refractivity contribution in [3.63, 3.8) is 0 Å². The minimum atomic E-state index is -0.268. The molecule has 0 fully saturated rings. The molecule has 7 nitrogen and oxygen atoms in total. The molecule has 0 aliphatic heterocycles. The average Bonchev–Trinajstić information content (AvgIpc) is 3.19. The molecule has 8 heteroatoms. The van der Waals surface area contributed by atoms with E-state index in [1.807, 2.05) is 31.4 Å². The largest absolute Gasteiger partial charge is 0.329 e. The molecule has 3 rings (SSSR count). The second-order valence-electron chi connectivity index (χ2n) is 5.01. The van der Waals surface area contributed by atoms with Gasteiger partial charge < -0.3 is 10.6 Å². The van der Waals surface area contributed by atoms with E-state index in [9.17, 15) is 4.79 Å². The third kappa shape index (κ3) is 3.72. The van der Waals surface area contributed by atoms with Crippen molar-refractivity contribution in [3.05, 3.63) is 52.7 Å². The smallest absolute Gasteiger partial charge is 0.319 e. The lowest BCUT2D eigenvalue weighted by molar-refractivity contribution is 0.249. The van der Waals surface area contributed by atoms with Gasteiger partial charge in [-0.05, 0) is 38.1 Å². The van der Waals surface area contributed by atoms with Gasteiger partial charge >= 0.3 is 6.03 Å². The Hall–Kier alpha value is -2.74. The van der Waals surface area contributed by atoms with Crippen LogP contribution in [-0.2, 0) is 0 Å². The molecule has 0 radical (unpaired) electrons. The topological polar surface area (TPSA) is 84.7 Å². The van der Waals surface area contributed by atoms with Gasteiger partial charge in [0.05, 0.1) is 24.1 Å². The molecule has 0 aliphatic rings. The molecule has 2 amide bonds. The van der Waals surface area contributed by atoms with E-state index in [-0.39, 0.29) is 12.1 Å². The summed E-state index contributed by atoms with van der Waals surface area (Å²) in [6.07, 6.45) is 3.22. The lowest BCUT2D eigenvalue weighted by Crippen LogP contribution is -2.31. The highest BCUT2D eigenvalue weighted by Gasteiger charge is 2.12. The van der Waals surface area contributed by atoms with Gasteiger partial charge in [0.15, 0.2) is 0 Å². The number of hydrogen-bond acceptors (Lipinski definition) is 5. The molecular weight excluding hydrogens is 312 g/mol. The van der Waals surface area contributed by atoms with E-state index in [1.165, 1.54) is 16.1 Å². The van der Waals surface area contributed by atoms with Gasteiger partial charge in [-0.3, -0.25) is 0 Å². The Morgan fingerprint density at radius 1 is 1.22 bits per heavy atom. The standard InChI is InChI=1S/C15H16N6OS/c1-10-9-23-14(18-10)11(2)19-15(22)20-12-3-5-13(6-4-12)21-16-7-8-17-21/h3-9,11H,1-2H3,(H2,19,20,22)/t11-/m0/s1. The Kier molecular flexibility index (Phi) is 4.33. The van der Waals surface area contributed by atoms with Crippen LogP contribution >= 0.6 is 11.3 Å². The van der Waals surface area contributed by atoms with Gasteiger partial charge in [-0.2, -0.15) is 15.0 Å². The number of anilines is 1. The van der Waals surface area contributed by atoms with E-state index in [1.54, 1.807) is 24.5 Å². The number of benzene rings is 1. The molecule has 2 heterocycles. The maximum atomic E-state index is 12.0. The van der Waals surface area contributed by atoms with Crippen LogP contribution in [0.5, 0.6) is 0 Å². The summed E-state index contributed by atoms with van der Waals surface area (Å²) in [6, 6.07) is 6.87. The summed E-state index contributed by atoms with van der Waals surface area (Å²) in [6.45, 7) is 3.84. The quantitative estimate of drug-likeness (QED) is 0.771. The van der Waals surface area contributed by atoms with Crippen molar-refractivity contribution < 1.29 is 4.79 Å². The number of nitrogens with zero attached hydrogens (tertiary/aromatic N) is 4.